The Balaban J connectivity index is 1.95. The number of hydrogen-bond donors (Lipinski definition) is 2. The van der Waals surface area contributed by atoms with Gasteiger partial charge < -0.3 is 24.8 Å². The molecule has 1 unspecified atom stereocenters. The summed E-state index contributed by atoms with van der Waals surface area (Å²) in [6.45, 7) is 6.39. The van der Waals surface area contributed by atoms with Crippen LogP contribution in [0.4, 0.5) is 4.79 Å². The number of allylic oxidation sites excluding steroid dienone is 1. The molecule has 2 N–H and O–H groups in total. The van der Waals surface area contributed by atoms with Crippen LogP contribution >= 0.6 is 0 Å². The molecule has 7 heteroatoms. The highest BCUT2D eigenvalue weighted by Gasteiger charge is 2.33. The molecule has 32 heavy (non-hydrogen) atoms. The van der Waals surface area contributed by atoms with E-state index in [1.54, 1.807) is 26.2 Å². The van der Waals surface area contributed by atoms with Crippen LogP contribution in [0.5, 0.6) is 11.5 Å². The molecule has 7 nitrogen and oxygen atoms in total. The topological polar surface area (TPSA) is 85.9 Å². The van der Waals surface area contributed by atoms with Crippen LogP contribution in [0, 0.1) is 6.92 Å². The molecule has 0 aliphatic carbocycles. The standard InChI is InChI=1S/C25H30N2O5/c1-5-7-19-22(24(28)31-6-2)23(27-25(29)26-19)18-12-13-20(30-4)21(14-18)32-15-17-10-8-16(3)9-11-17/h8-14,23H,5-7,15H2,1-4H3,(H2,26,27,29). The van der Waals surface area contributed by atoms with Crippen molar-refractivity contribution < 1.29 is 23.8 Å². The molecule has 0 spiro atoms. The Morgan fingerprint density at radius 1 is 1.06 bits per heavy atom. The number of esters is 1. The monoisotopic (exact) mass is 438 g/mol. The Hall–Kier alpha value is -3.48. The third-order valence-electron chi connectivity index (χ3n) is 5.18. The first-order valence-electron chi connectivity index (χ1n) is 10.8. The number of carbonyl (C=O) groups excluding carboxylic acids is 2. The van der Waals surface area contributed by atoms with Crippen LogP contribution in [0.25, 0.3) is 0 Å². The summed E-state index contributed by atoms with van der Waals surface area (Å²) in [5.74, 6) is 0.640. The molecule has 2 amide bonds. The van der Waals surface area contributed by atoms with E-state index in [1.165, 1.54) is 5.56 Å². The Labute approximate surface area is 188 Å². The summed E-state index contributed by atoms with van der Waals surface area (Å²) in [5, 5.41) is 5.62. The quantitative estimate of drug-likeness (QED) is 0.561. The third-order valence-corrected chi connectivity index (χ3v) is 5.18. The number of ether oxygens (including phenoxy) is 3. The molecule has 0 saturated heterocycles. The van der Waals surface area contributed by atoms with Gasteiger partial charge in [-0.25, -0.2) is 9.59 Å². The predicted molar refractivity (Wildman–Crippen MR) is 121 cm³/mol. The van der Waals surface area contributed by atoms with Crippen molar-refractivity contribution in [3.05, 3.63) is 70.4 Å². The molecule has 0 radical (unpaired) electrons. The first-order chi connectivity index (χ1) is 15.5. The van der Waals surface area contributed by atoms with Crippen molar-refractivity contribution in [2.45, 2.75) is 46.3 Å². The fourth-order valence-electron chi connectivity index (χ4n) is 3.60. The summed E-state index contributed by atoms with van der Waals surface area (Å²) in [5.41, 5.74) is 3.89. The maximum Gasteiger partial charge on any atom is 0.338 e. The van der Waals surface area contributed by atoms with Gasteiger partial charge in [-0.2, -0.15) is 0 Å². The minimum atomic E-state index is -0.656. The number of aryl methyl sites for hydroxylation is 1. The van der Waals surface area contributed by atoms with Crippen molar-refractivity contribution in [3.8, 4) is 11.5 Å². The largest absolute Gasteiger partial charge is 0.493 e. The van der Waals surface area contributed by atoms with Crippen LogP contribution in [0.1, 0.15) is 49.4 Å². The highest BCUT2D eigenvalue weighted by Crippen LogP contribution is 2.35. The average molecular weight is 439 g/mol. The zero-order valence-corrected chi connectivity index (χ0v) is 19.0. The molecule has 2 aromatic rings. The lowest BCUT2D eigenvalue weighted by atomic mass is 9.93. The maximum atomic E-state index is 12.8. The predicted octanol–water partition coefficient (Wildman–Crippen LogP) is 4.55. The summed E-state index contributed by atoms with van der Waals surface area (Å²) in [7, 11) is 1.57. The van der Waals surface area contributed by atoms with Crippen molar-refractivity contribution in [2.24, 2.45) is 0 Å². The fraction of sp³-hybridized carbons (Fsp3) is 0.360. The van der Waals surface area contributed by atoms with Crippen LogP contribution < -0.4 is 20.1 Å². The second kappa shape index (κ2) is 10.7. The molecule has 0 fully saturated rings. The number of nitrogens with one attached hydrogen (secondary N) is 2. The zero-order valence-electron chi connectivity index (χ0n) is 19.0. The molecule has 0 aromatic heterocycles. The molecule has 2 aromatic carbocycles. The lowest BCUT2D eigenvalue weighted by molar-refractivity contribution is -0.139. The van der Waals surface area contributed by atoms with Gasteiger partial charge in [0.25, 0.3) is 0 Å². The number of hydrogen-bond acceptors (Lipinski definition) is 5. The van der Waals surface area contributed by atoms with Crippen molar-refractivity contribution in [2.75, 3.05) is 13.7 Å². The van der Waals surface area contributed by atoms with Crippen molar-refractivity contribution in [3.63, 3.8) is 0 Å². The highest BCUT2D eigenvalue weighted by atomic mass is 16.5. The van der Waals surface area contributed by atoms with Crippen LogP contribution in [-0.2, 0) is 16.1 Å². The smallest absolute Gasteiger partial charge is 0.338 e. The molecular formula is C25H30N2O5. The van der Waals surface area contributed by atoms with Crippen molar-refractivity contribution in [1.82, 2.24) is 10.6 Å². The number of methoxy groups -OCH3 is 1. The van der Waals surface area contributed by atoms with Gasteiger partial charge in [0, 0.05) is 5.70 Å². The number of benzene rings is 2. The summed E-state index contributed by atoms with van der Waals surface area (Å²) < 4.78 is 16.8. The second-order valence-corrected chi connectivity index (χ2v) is 7.58. The second-order valence-electron chi connectivity index (χ2n) is 7.58. The van der Waals surface area contributed by atoms with Gasteiger partial charge >= 0.3 is 12.0 Å². The van der Waals surface area contributed by atoms with Gasteiger partial charge in [-0.1, -0.05) is 49.2 Å². The Bertz CT molecular complexity index is 998. The van der Waals surface area contributed by atoms with E-state index >= 15 is 0 Å². The molecular weight excluding hydrogens is 408 g/mol. The van der Waals surface area contributed by atoms with E-state index in [9.17, 15) is 9.59 Å². The summed E-state index contributed by atoms with van der Waals surface area (Å²) >= 11 is 0. The van der Waals surface area contributed by atoms with Crippen LogP contribution in [-0.4, -0.2) is 25.7 Å². The van der Waals surface area contributed by atoms with Gasteiger partial charge in [0.2, 0.25) is 0 Å². The van der Waals surface area contributed by atoms with Gasteiger partial charge in [-0.3, -0.25) is 0 Å². The summed E-state index contributed by atoms with van der Waals surface area (Å²) in [6.07, 6.45) is 1.34. The van der Waals surface area contributed by atoms with Gasteiger partial charge in [0.15, 0.2) is 11.5 Å². The first kappa shape index (κ1) is 23.2. The van der Waals surface area contributed by atoms with Crippen LogP contribution in [0.2, 0.25) is 0 Å². The van der Waals surface area contributed by atoms with Crippen LogP contribution in [0.15, 0.2) is 53.7 Å². The third kappa shape index (κ3) is 5.41. The van der Waals surface area contributed by atoms with E-state index in [1.807, 2.05) is 44.2 Å². The molecule has 1 heterocycles. The molecule has 3 rings (SSSR count). The SMILES string of the molecule is CCCC1=C(C(=O)OCC)C(c2ccc(OC)c(OCc3ccc(C)cc3)c2)NC(=O)N1. The lowest BCUT2D eigenvalue weighted by Gasteiger charge is -2.29. The fourth-order valence-corrected chi connectivity index (χ4v) is 3.60. The van der Waals surface area contributed by atoms with E-state index in [4.69, 9.17) is 14.2 Å². The van der Waals surface area contributed by atoms with Gasteiger partial charge in [-0.05, 0) is 43.5 Å². The number of carbonyl (C=O) groups is 2. The highest BCUT2D eigenvalue weighted by molar-refractivity contribution is 5.95. The number of amides is 2. The molecule has 1 atom stereocenters. The Kier molecular flexibility index (Phi) is 7.76. The van der Waals surface area contributed by atoms with E-state index < -0.39 is 12.0 Å². The van der Waals surface area contributed by atoms with E-state index in [2.05, 4.69) is 10.6 Å². The van der Waals surface area contributed by atoms with E-state index in [-0.39, 0.29) is 12.6 Å². The average Bonchev–Trinajstić information content (AvgIpc) is 2.78. The van der Waals surface area contributed by atoms with E-state index in [0.29, 0.717) is 41.4 Å². The number of urea groups is 1. The summed E-state index contributed by atoms with van der Waals surface area (Å²) in [6, 6.07) is 12.5. The molecule has 0 saturated carbocycles. The Morgan fingerprint density at radius 3 is 2.47 bits per heavy atom. The molecule has 170 valence electrons. The molecule has 1 aliphatic rings. The lowest BCUT2D eigenvalue weighted by Crippen LogP contribution is -2.46. The van der Waals surface area contributed by atoms with Gasteiger partial charge in [0.05, 0.1) is 25.3 Å². The number of rotatable bonds is 9. The maximum absolute atomic E-state index is 12.8. The van der Waals surface area contributed by atoms with Gasteiger partial charge in [-0.15, -0.1) is 0 Å². The van der Waals surface area contributed by atoms with Crippen molar-refractivity contribution >= 4 is 12.0 Å². The minimum Gasteiger partial charge on any atom is -0.493 e. The van der Waals surface area contributed by atoms with Crippen LogP contribution in [0.3, 0.4) is 0 Å². The zero-order chi connectivity index (χ0) is 23.1. The minimum absolute atomic E-state index is 0.246. The molecule has 0 bridgehead atoms. The van der Waals surface area contributed by atoms with Gasteiger partial charge in [0.1, 0.15) is 6.61 Å². The van der Waals surface area contributed by atoms with Crippen molar-refractivity contribution in [1.29, 1.82) is 0 Å². The first-order valence-corrected chi connectivity index (χ1v) is 10.8. The summed E-state index contributed by atoms with van der Waals surface area (Å²) in [4.78, 5) is 25.1. The van der Waals surface area contributed by atoms with E-state index in [0.717, 1.165) is 12.0 Å². The molecule has 1 aliphatic heterocycles. The normalized spacial score (nSPS) is 15.6. The Morgan fingerprint density at radius 2 is 1.81 bits per heavy atom.